The summed E-state index contributed by atoms with van der Waals surface area (Å²) in [7, 11) is 0. The second-order valence-electron chi connectivity index (χ2n) is 9.59. The Hall–Kier alpha value is -3.07. The monoisotopic (exact) mass is 483 g/mol. The van der Waals surface area contributed by atoms with E-state index in [1.165, 1.54) is 10.9 Å². The van der Waals surface area contributed by atoms with Crippen molar-refractivity contribution >= 4 is 28.8 Å². The Kier molecular flexibility index (Phi) is 7.95. The minimum atomic E-state index is -0.907. The number of aryl methyl sites for hydroxylation is 2. The number of hydrogen-bond donors (Lipinski definition) is 3. The number of hydrogen-bond acceptors (Lipinski definition) is 5. The summed E-state index contributed by atoms with van der Waals surface area (Å²) in [5.74, 6) is -0.237. The first-order valence-electron chi connectivity index (χ1n) is 12.7. The van der Waals surface area contributed by atoms with E-state index in [-0.39, 0.29) is 23.9 Å². The third-order valence-corrected chi connectivity index (χ3v) is 7.19. The van der Waals surface area contributed by atoms with E-state index in [1.54, 1.807) is 11.8 Å². The fraction of sp³-hybridized carbons (Fsp3) is 0.577. The number of fused-ring (bicyclic) bond motifs is 1. The normalized spacial score (nSPS) is 18.3. The van der Waals surface area contributed by atoms with E-state index in [0.717, 1.165) is 5.52 Å². The van der Waals surface area contributed by atoms with Gasteiger partial charge < -0.3 is 30.2 Å². The molecule has 2 aromatic rings. The van der Waals surface area contributed by atoms with Gasteiger partial charge in [-0.05, 0) is 64.3 Å². The molecule has 3 N–H and O–H groups in total. The first-order chi connectivity index (χ1) is 16.9. The molecule has 3 amide bonds. The van der Waals surface area contributed by atoms with E-state index in [4.69, 9.17) is 4.74 Å². The number of aromatic nitrogens is 1. The largest absolute Gasteiger partial charge is 0.450 e. The molecule has 0 atom stereocenters. The molecule has 0 radical (unpaired) electrons. The fourth-order valence-electron chi connectivity index (χ4n) is 5.17. The van der Waals surface area contributed by atoms with E-state index in [2.05, 4.69) is 45.8 Å². The van der Waals surface area contributed by atoms with Gasteiger partial charge >= 0.3 is 6.09 Å². The summed E-state index contributed by atoms with van der Waals surface area (Å²) in [5, 5.41) is 10.7. The lowest BCUT2D eigenvalue weighted by molar-refractivity contribution is -0.135. The SMILES string of the molecule is CCOC(=O)N1CCC(NC(=O)C2(NC(=O)CCn3cc(C)c4ccccc43)CCNCC2)CC1. The number of amides is 3. The molecule has 2 saturated heterocycles. The Morgan fingerprint density at radius 3 is 2.57 bits per heavy atom. The summed E-state index contributed by atoms with van der Waals surface area (Å²) in [6, 6.07) is 8.16. The summed E-state index contributed by atoms with van der Waals surface area (Å²) in [5.41, 5.74) is 1.39. The van der Waals surface area contributed by atoms with Crippen molar-refractivity contribution in [2.45, 2.75) is 64.1 Å². The van der Waals surface area contributed by atoms with Crippen molar-refractivity contribution < 1.29 is 19.1 Å². The Balaban J connectivity index is 1.35. The molecule has 0 saturated carbocycles. The van der Waals surface area contributed by atoms with E-state index >= 15 is 0 Å². The van der Waals surface area contributed by atoms with E-state index in [1.807, 2.05) is 12.1 Å². The van der Waals surface area contributed by atoms with Crippen molar-refractivity contribution in [1.82, 2.24) is 25.4 Å². The average Bonchev–Trinajstić information content (AvgIpc) is 3.19. The zero-order chi connectivity index (χ0) is 24.8. The highest BCUT2D eigenvalue weighted by atomic mass is 16.6. The van der Waals surface area contributed by atoms with Gasteiger partial charge in [-0.15, -0.1) is 0 Å². The number of rotatable bonds is 7. The van der Waals surface area contributed by atoms with Crippen molar-refractivity contribution in [2.24, 2.45) is 0 Å². The van der Waals surface area contributed by atoms with Crippen molar-refractivity contribution in [3.63, 3.8) is 0 Å². The zero-order valence-corrected chi connectivity index (χ0v) is 20.8. The van der Waals surface area contributed by atoms with Gasteiger partial charge in [0.25, 0.3) is 0 Å². The second-order valence-corrected chi connectivity index (χ2v) is 9.59. The number of nitrogens with zero attached hydrogens (tertiary/aromatic N) is 2. The molecule has 0 aliphatic carbocycles. The number of carbonyl (C=O) groups is 3. The highest BCUT2D eigenvalue weighted by molar-refractivity contribution is 5.92. The molecule has 35 heavy (non-hydrogen) atoms. The van der Waals surface area contributed by atoms with E-state index in [9.17, 15) is 14.4 Å². The first-order valence-corrected chi connectivity index (χ1v) is 12.7. The Morgan fingerprint density at radius 1 is 1.14 bits per heavy atom. The summed E-state index contributed by atoms with van der Waals surface area (Å²) >= 11 is 0. The molecule has 2 aliphatic rings. The number of para-hydroxylation sites is 1. The van der Waals surface area contributed by atoms with Gasteiger partial charge in [0.2, 0.25) is 11.8 Å². The quantitative estimate of drug-likeness (QED) is 0.561. The second kappa shape index (κ2) is 11.1. The van der Waals surface area contributed by atoms with Crippen LogP contribution < -0.4 is 16.0 Å². The summed E-state index contributed by atoms with van der Waals surface area (Å²) in [6.45, 7) is 7.23. The fourth-order valence-corrected chi connectivity index (χ4v) is 5.17. The summed E-state index contributed by atoms with van der Waals surface area (Å²) in [6.07, 6.45) is 4.53. The van der Waals surface area contributed by atoms with Crippen LogP contribution in [0.25, 0.3) is 10.9 Å². The molecule has 0 bridgehead atoms. The molecule has 3 heterocycles. The van der Waals surface area contributed by atoms with Crippen LogP contribution in [0, 0.1) is 6.92 Å². The van der Waals surface area contributed by atoms with E-state index in [0.29, 0.717) is 71.4 Å². The number of ether oxygens (including phenoxy) is 1. The molecule has 0 unspecified atom stereocenters. The molecule has 190 valence electrons. The molecule has 1 aromatic carbocycles. The molecule has 4 rings (SSSR count). The number of benzene rings is 1. The van der Waals surface area contributed by atoms with Crippen LogP contribution >= 0.6 is 0 Å². The number of nitrogens with one attached hydrogen (secondary N) is 3. The zero-order valence-electron chi connectivity index (χ0n) is 20.8. The van der Waals surface area contributed by atoms with Crippen molar-refractivity contribution in [3.05, 3.63) is 36.0 Å². The number of piperidine rings is 2. The van der Waals surface area contributed by atoms with Crippen LogP contribution in [-0.4, -0.2) is 71.7 Å². The molecule has 2 fully saturated rings. The predicted molar refractivity (Wildman–Crippen MR) is 134 cm³/mol. The highest BCUT2D eigenvalue weighted by Crippen LogP contribution is 2.23. The van der Waals surface area contributed by atoms with Gasteiger partial charge in [-0.25, -0.2) is 4.79 Å². The Bertz CT molecular complexity index is 1050. The van der Waals surface area contributed by atoms with Crippen LogP contribution in [-0.2, 0) is 20.9 Å². The topological polar surface area (TPSA) is 105 Å². The van der Waals surface area contributed by atoms with Gasteiger partial charge in [-0.2, -0.15) is 0 Å². The highest BCUT2D eigenvalue weighted by Gasteiger charge is 2.42. The predicted octanol–water partition coefficient (Wildman–Crippen LogP) is 2.32. The molecule has 9 heteroatoms. The maximum absolute atomic E-state index is 13.4. The molecule has 1 aromatic heterocycles. The molecule has 0 spiro atoms. The van der Waals surface area contributed by atoms with Crippen molar-refractivity contribution in [1.29, 1.82) is 0 Å². The standard InChI is InChI=1S/C26H37N5O4/c1-3-35-25(34)30-15-8-20(9-16-30)28-24(33)26(11-13-27-14-12-26)29-23(32)10-17-31-18-19(2)21-6-4-5-7-22(21)31/h4-7,18,20,27H,3,8-17H2,1-2H3,(H,28,33)(H,29,32). The smallest absolute Gasteiger partial charge is 0.409 e. The Morgan fingerprint density at radius 2 is 1.86 bits per heavy atom. The van der Waals surface area contributed by atoms with Crippen LogP contribution in [0.15, 0.2) is 30.5 Å². The van der Waals surface area contributed by atoms with Crippen molar-refractivity contribution in [2.75, 3.05) is 32.8 Å². The van der Waals surface area contributed by atoms with Gasteiger partial charge in [-0.1, -0.05) is 18.2 Å². The van der Waals surface area contributed by atoms with Crippen molar-refractivity contribution in [3.8, 4) is 0 Å². The third kappa shape index (κ3) is 5.78. The maximum Gasteiger partial charge on any atom is 0.409 e. The summed E-state index contributed by atoms with van der Waals surface area (Å²) < 4.78 is 7.18. The van der Waals surface area contributed by atoms with Crippen LogP contribution in [0.3, 0.4) is 0 Å². The molecule has 9 nitrogen and oxygen atoms in total. The van der Waals surface area contributed by atoms with Crippen LogP contribution in [0.2, 0.25) is 0 Å². The van der Waals surface area contributed by atoms with Crippen LogP contribution in [0.1, 0.15) is 44.6 Å². The minimum Gasteiger partial charge on any atom is -0.450 e. The summed E-state index contributed by atoms with van der Waals surface area (Å²) in [4.78, 5) is 40.1. The first kappa shape index (κ1) is 25.0. The third-order valence-electron chi connectivity index (χ3n) is 7.19. The van der Waals surface area contributed by atoms with Gasteiger partial charge in [0.1, 0.15) is 5.54 Å². The van der Waals surface area contributed by atoms with Gasteiger partial charge in [0, 0.05) is 49.2 Å². The lowest BCUT2D eigenvalue weighted by Crippen LogP contribution is -2.64. The van der Waals surface area contributed by atoms with Crippen LogP contribution in [0.4, 0.5) is 4.79 Å². The lowest BCUT2D eigenvalue weighted by atomic mass is 9.86. The number of carbonyl (C=O) groups excluding carboxylic acids is 3. The number of likely N-dealkylation sites (tertiary alicyclic amines) is 1. The van der Waals surface area contributed by atoms with Crippen LogP contribution in [0.5, 0.6) is 0 Å². The van der Waals surface area contributed by atoms with E-state index < -0.39 is 5.54 Å². The maximum atomic E-state index is 13.4. The molecular formula is C26H37N5O4. The average molecular weight is 484 g/mol. The minimum absolute atomic E-state index is 0.0222. The lowest BCUT2D eigenvalue weighted by Gasteiger charge is -2.39. The van der Waals surface area contributed by atoms with Gasteiger partial charge in [0.15, 0.2) is 0 Å². The molecular weight excluding hydrogens is 446 g/mol. The molecule has 2 aliphatic heterocycles. The van der Waals surface area contributed by atoms with Gasteiger partial charge in [0.05, 0.1) is 6.61 Å². The Labute approximate surface area is 206 Å². The van der Waals surface area contributed by atoms with Gasteiger partial charge in [-0.3, -0.25) is 9.59 Å².